The quantitative estimate of drug-likeness (QED) is 0.724. The third-order valence-corrected chi connectivity index (χ3v) is 3.77. The Morgan fingerprint density at radius 1 is 1.36 bits per heavy atom. The van der Waals surface area contributed by atoms with E-state index < -0.39 is 17.4 Å². The molecule has 1 saturated carbocycles. The van der Waals surface area contributed by atoms with Gasteiger partial charge in [-0.3, -0.25) is 4.79 Å². The predicted molar refractivity (Wildman–Crippen MR) is 77.5 cm³/mol. The van der Waals surface area contributed by atoms with Crippen LogP contribution >= 0.6 is 0 Å². The van der Waals surface area contributed by atoms with Gasteiger partial charge in [-0.15, -0.1) is 0 Å². The van der Waals surface area contributed by atoms with Crippen molar-refractivity contribution in [1.82, 2.24) is 15.0 Å². The van der Waals surface area contributed by atoms with Crippen molar-refractivity contribution in [2.24, 2.45) is 5.92 Å². The fraction of sp³-hybridized carbons (Fsp3) is 0.615. The SMILES string of the molecule is CNc1nc(NC2(C#N)CCC(C(=O)O)CC2)nc(OC)n1. The molecule has 0 aromatic carbocycles. The first-order valence-electron chi connectivity index (χ1n) is 6.92. The van der Waals surface area contributed by atoms with Crippen molar-refractivity contribution in [2.45, 2.75) is 31.2 Å². The van der Waals surface area contributed by atoms with E-state index in [-0.39, 0.29) is 12.0 Å². The van der Waals surface area contributed by atoms with Gasteiger partial charge >= 0.3 is 12.0 Å². The largest absolute Gasteiger partial charge is 0.481 e. The maximum Gasteiger partial charge on any atom is 0.322 e. The maximum absolute atomic E-state index is 11.0. The molecule has 3 N–H and O–H groups in total. The van der Waals surface area contributed by atoms with E-state index in [2.05, 4.69) is 31.7 Å². The minimum atomic E-state index is -0.872. The highest BCUT2D eigenvalue weighted by atomic mass is 16.5. The molecule has 1 aromatic heterocycles. The number of anilines is 2. The number of carboxylic acid groups (broad SMARTS) is 1. The first-order valence-corrected chi connectivity index (χ1v) is 6.92. The van der Waals surface area contributed by atoms with E-state index in [0.29, 0.717) is 31.6 Å². The van der Waals surface area contributed by atoms with Crippen molar-refractivity contribution in [2.75, 3.05) is 24.8 Å². The van der Waals surface area contributed by atoms with Crippen LogP contribution in [0.4, 0.5) is 11.9 Å². The lowest BCUT2D eigenvalue weighted by molar-refractivity contribution is -0.142. The molecule has 22 heavy (non-hydrogen) atoms. The van der Waals surface area contributed by atoms with Crippen LogP contribution in [0.15, 0.2) is 0 Å². The molecule has 1 fully saturated rings. The van der Waals surface area contributed by atoms with E-state index in [4.69, 9.17) is 9.84 Å². The molecule has 0 saturated heterocycles. The van der Waals surface area contributed by atoms with Crippen LogP contribution in [0.1, 0.15) is 25.7 Å². The Balaban J connectivity index is 2.17. The van der Waals surface area contributed by atoms with E-state index in [0.717, 1.165) is 0 Å². The van der Waals surface area contributed by atoms with Crippen LogP contribution in [0.5, 0.6) is 6.01 Å². The van der Waals surface area contributed by atoms with Gasteiger partial charge in [0.2, 0.25) is 11.9 Å². The van der Waals surface area contributed by atoms with E-state index >= 15 is 0 Å². The fourth-order valence-corrected chi connectivity index (χ4v) is 2.45. The fourth-order valence-electron chi connectivity index (χ4n) is 2.45. The molecule has 0 bridgehead atoms. The standard InChI is InChI=1S/C13H18N6O3/c1-15-10-16-11(18-12(17-10)22-2)19-13(7-14)5-3-8(4-6-13)9(20)21/h8H,3-6H2,1-2H3,(H,20,21)(H2,15,16,17,18,19). The average Bonchev–Trinajstić information content (AvgIpc) is 2.54. The van der Waals surface area contributed by atoms with E-state index in [1.165, 1.54) is 7.11 Å². The summed E-state index contributed by atoms with van der Waals surface area (Å²) < 4.78 is 5.00. The van der Waals surface area contributed by atoms with E-state index in [9.17, 15) is 10.1 Å². The van der Waals surface area contributed by atoms with Crippen LogP contribution < -0.4 is 15.4 Å². The first kappa shape index (κ1) is 15.8. The van der Waals surface area contributed by atoms with Crippen LogP contribution in [-0.2, 0) is 4.79 Å². The smallest absolute Gasteiger partial charge is 0.322 e. The summed E-state index contributed by atoms with van der Waals surface area (Å²) in [5, 5.41) is 24.4. The number of nitriles is 1. The van der Waals surface area contributed by atoms with Gasteiger partial charge in [-0.05, 0) is 25.7 Å². The maximum atomic E-state index is 11.0. The lowest BCUT2D eigenvalue weighted by Gasteiger charge is -2.34. The summed E-state index contributed by atoms with van der Waals surface area (Å²) in [7, 11) is 3.10. The summed E-state index contributed by atoms with van der Waals surface area (Å²) in [5.74, 6) is -0.664. The van der Waals surface area contributed by atoms with Crippen LogP contribution in [0.2, 0.25) is 0 Å². The Hall–Kier alpha value is -2.63. The second-order valence-corrected chi connectivity index (χ2v) is 5.15. The molecule has 0 radical (unpaired) electrons. The number of ether oxygens (including phenoxy) is 1. The summed E-state index contributed by atoms with van der Waals surface area (Å²) in [4.78, 5) is 23.2. The summed E-state index contributed by atoms with van der Waals surface area (Å²) in [6.07, 6.45) is 1.72. The van der Waals surface area contributed by atoms with Crippen molar-refractivity contribution >= 4 is 17.9 Å². The number of methoxy groups -OCH3 is 1. The Morgan fingerprint density at radius 2 is 2.00 bits per heavy atom. The predicted octanol–water partition coefficient (Wildman–Crippen LogP) is 0.871. The molecule has 1 aliphatic carbocycles. The van der Waals surface area contributed by atoms with Crippen molar-refractivity contribution in [3.05, 3.63) is 0 Å². The van der Waals surface area contributed by atoms with E-state index in [1.807, 2.05) is 0 Å². The zero-order valence-corrected chi connectivity index (χ0v) is 12.5. The normalized spacial score (nSPS) is 24.1. The van der Waals surface area contributed by atoms with Crippen LogP contribution in [-0.4, -0.2) is 45.7 Å². The highest BCUT2D eigenvalue weighted by molar-refractivity contribution is 5.70. The zero-order valence-electron chi connectivity index (χ0n) is 12.5. The average molecular weight is 306 g/mol. The Kier molecular flexibility index (Phi) is 4.60. The third kappa shape index (κ3) is 3.33. The number of carbonyl (C=O) groups is 1. The summed E-state index contributed by atoms with van der Waals surface area (Å²) >= 11 is 0. The Morgan fingerprint density at radius 3 is 2.50 bits per heavy atom. The van der Waals surface area contributed by atoms with Gasteiger partial charge in [0.25, 0.3) is 0 Å². The van der Waals surface area contributed by atoms with Gasteiger partial charge in [-0.25, -0.2) is 0 Å². The van der Waals surface area contributed by atoms with Gasteiger partial charge in [0.1, 0.15) is 5.54 Å². The first-order chi connectivity index (χ1) is 10.5. The molecule has 0 aliphatic heterocycles. The second kappa shape index (κ2) is 6.43. The molecular formula is C13H18N6O3. The molecule has 2 rings (SSSR count). The summed E-state index contributed by atoms with van der Waals surface area (Å²) in [5.41, 5.74) is -0.872. The van der Waals surface area contributed by atoms with Gasteiger partial charge in [0.15, 0.2) is 0 Å². The highest BCUT2D eigenvalue weighted by Crippen LogP contribution is 2.34. The molecule has 9 heteroatoms. The molecule has 0 amide bonds. The number of hydrogen-bond donors (Lipinski definition) is 3. The lowest BCUT2D eigenvalue weighted by Crippen LogP contribution is -2.42. The number of aromatic nitrogens is 3. The topological polar surface area (TPSA) is 133 Å². The summed E-state index contributed by atoms with van der Waals surface area (Å²) in [6.45, 7) is 0. The molecule has 9 nitrogen and oxygen atoms in total. The van der Waals surface area contributed by atoms with Crippen LogP contribution in [0, 0.1) is 17.2 Å². The van der Waals surface area contributed by atoms with E-state index in [1.54, 1.807) is 7.05 Å². The monoisotopic (exact) mass is 306 g/mol. The Bertz CT molecular complexity index is 570. The van der Waals surface area contributed by atoms with Gasteiger partial charge in [-0.1, -0.05) is 0 Å². The number of nitrogens with zero attached hydrogens (tertiary/aromatic N) is 4. The number of nitrogens with one attached hydrogen (secondary N) is 2. The number of hydrogen-bond acceptors (Lipinski definition) is 8. The molecule has 1 aromatic rings. The number of rotatable bonds is 5. The molecule has 0 spiro atoms. The van der Waals surface area contributed by atoms with Gasteiger partial charge in [-0.2, -0.15) is 20.2 Å². The second-order valence-electron chi connectivity index (χ2n) is 5.15. The molecule has 0 unspecified atom stereocenters. The summed E-state index contributed by atoms with van der Waals surface area (Å²) in [6, 6.07) is 2.37. The zero-order chi connectivity index (χ0) is 16.2. The molecule has 1 heterocycles. The molecular weight excluding hydrogens is 288 g/mol. The number of carboxylic acids is 1. The minimum Gasteiger partial charge on any atom is -0.481 e. The van der Waals surface area contributed by atoms with Crippen molar-refractivity contribution in [3.63, 3.8) is 0 Å². The van der Waals surface area contributed by atoms with Gasteiger partial charge in [0, 0.05) is 7.05 Å². The third-order valence-electron chi connectivity index (χ3n) is 3.77. The molecule has 0 atom stereocenters. The molecule has 1 aliphatic rings. The minimum absolute atomic E-state index is 0.133. The highest BCUT2D eigenvalue weighted by Gasteiger charge is 2.38. The van der Waals surface area contributed by atoms with Gasteiger partial charge in [0.05, 0.1) is 19.1 Å². The molecule has 118 valence electrons. The van der Waals surface area contributed by atoms with Crippen molar-refractivity contribution in [3.8, 4) is 12.1 Å². The van der Waals surface area contributed by atoms with Crippen LogP contribution in [0.25, 0.3) is 0 Å². The van der Waals surface area contributed by atoms with Crippen molar-refractivity contribution in [1.29, 1.82) is 5.26 Å². The number of aliphatic carboxylic acids is 1. The van der Waals surface area contributed by atoms with Crippen LogP contribution in [0.3, 0.4) is 0 Å². The Labute approximate surface area is 127 Å². The lowest BCUT2D eigenvalue weighted by atomic mass is 9.77. The van der Waals surface area contributed by atoms with Crippen molar-refractivity contribution < 1.29 is 14.6 Å². The van der Waals surface area contributed by atoms with Gasteiger partial charge < -0.3 is 20.5 Å².